The number of carbonyl (C=O) groups excluding carboxylic acids is 1. The summed E-state index contributed by atoms with van der Waals surface area (Å²) >= 11 is 0. The van der Waals surface area contributed by atoms with Gasteiger partial charge in [0.15, 0.2) is 5.96 Å². The van der Waals surface area contributed by atoms with Crippen LogP contribution in [0.25, 0.3) is 0 Å². The highest BCUT2D eigenvalue weighted by molar-refractivity contribution is 14.0. The zero-order chi connectivity index (χ0) is 18.7. The fraction of sp³-hybridized carbons (Fsp3) is 0.765. The van der Waals surface area contributed by atoms with Gasteiger partial charge in [-0.25, -0.2) is 9.98 Å². The van der Waals surface area contributed by atoms with Crippen LogP contribution in [0.4, 0.5) is 0 Å². The van der Waals surface area contributed by atoms with E-state index in [0.29, 0.717) is 18.4 Å². The van der Waals surface area contributed by atoms with E-state index in [0.717, 1.165) is 18.8 Å². The normalized spacial score (nSPS) is 12.3. The molecule has 0 radical (unpaired) electrons. The highest BCUT2D eigenvalue weighted by Crippen LogP contribution is 2.11. The quantitative estimate of drug-likeness (QED) is 0.304. The summed E-state index contributed by atoms with van der Waals surface area (Å²) in [7, 11) is 5.32. The van der Waals surface area contributed by atoms with Gasteiger partial charge in [0.2, 0.25) is 5.91 Å². The largest absolute Gasteiger partial charge is 0.356 e. The third kappa shape index (κ3) is 9.35. The summed E-state index contributed by atoms with van der Waals surface area (Å²) in [4.78, 5) is 22.1. The first-order valence-corrected chi connectivity index (χ1v) is 9.03. The van der Waals surface area contributed by atoms with Gasteiger partial charge in [-0.3, -0.25) is 9.48 Å². The molecule has 0 spiro atoms. The standard InChI is InChI=1S/C17H33N7O.HI/c1-6-8-9-14(7-2)10-18-17(20-12-16(25)23(3)4)19-11-15-21-13-22-24(15)5;/h13-14H,6-12H2,1-5H3,(H2,18,19,20);1H. The molecule has 1 atom stereocenters. The molecule has 0 aliphatic rings. The predicted molar refractivity (Wildman–Crippen MR) is 116 cm³/mol. The third-order valence-electron chi connectivity index (χ3n) is 4.19. The van der Waals surface area contributed by atoms with Crippen molar-refractivity contribution in [3.8, 4) is 0 Å². The second-order valence-electron chi connectivity index (χ2n) is 6.40. The number of halogens is 1. The molecule has 0 aliphatic carbocycles. The molecule has 0 aromatic carbocycles. The number of aryl methyl sites for hydroxylation is 1. The van der Waals surface area contributed by atoms with Crippen LogP contribution in [0.2, 0.25) is 0 Å². The van der Waals surface area contributed by atoms with Crippen molar-refractivity contribution in [2.45, 2.75) is 46.1 Å². The van der Waals surface area contributed by atoms with Gasteiger partial charge >= 0.3 is 0 Å². The fourth-order valence-corrected chi connectivity index (χ4v) is 2.29. The molecule has 1 amide bonds. The summed E-state index contributed by atoms with van der Waals surface area (Å²) in [6.07, 6.45) is 6.28. The van der Waals surface area contributed by atoms with E-state index in [1.807, 2.05) is 7.05 Å². The summed E-state index contributed by atoms with van der Waals surface area (Å²) in [5, 5.41) is 10.5. The van der Waals surface area contributed by atoms with E-state index >= 15 is 0 Å². The van der Waals surface area contributed by atoms with Crippen LogP contribution >= 0.6 is 24.0 Å². The second-order valence-corrected chi connectivity index (χ2v) is 6.40. The van der Waals surface area contributed by atoms with E-state index in [-0.39, 0.29) is 36.4 Å². The molecule has 8 nitrogen and oxygen atoms in total. The van der Waals surface area contributed by atoms with Crippen LogP contribution in [-0.4, -0.2) is 58.7 Å². The zero-order valence-electron chi connectivity index (χ0n) is 16.7. The van der Waals surface area contributed by atoms with E-state index in [9.17, 15) is 4.79 Å². The number of hydrogen-bond acceptors (Lipinski definition) is 4. The summed E-state index contributed by atoms with van der Waals surface area (Å²) in [5.74, 6) is 2.02. The van der Waals surface area contributed by atoms with Gasteiger partial charge in [0.1, 0.15) is 18.7 Å². The average molecular weight is 479 g/mol. The van der Waals surface area contributed by atoms with Crippen molar-refractivity contribution in [1.29, 1.82) is 0 Å². The molecule has 2 N–H and O–H groups in total. The lowest BCUT2D eigenvalue weighted by atomic mass is 9.99. The van der Waals surface area contributed by atoms with E-state index in [1.165, 1.54) is 25.6 Å². The van der Waals surface area contributed by atoms with Gasteiger partial charge < -0.3 is 15.5 Å². The topological polar surface area (TPSA) is 87.4 Å². The van der Waals surface area contributed by atoms with Gasteiger partial charge in [0.05, 0.1) is 6.54 Å². The Morgan fingerprint density at radius 2 is 2.08 bits per heavy atom. The van der Waals surface area contributed by atoms with Gasteiger partial charge in [-0.1, -0.05) is 33.1 Å². The van der Waals surface area contributed by atoms with Gasteiger partial charge in [-0.05, 0) is 12.3 Å². The van der Waals surface area contributed by atoms with Crippen molar-refractivity contribution in [2.24, 2.45) is 18.0 Å². The number of amides is 1. The van der Waals surface area contributed by atoms with Crippen LogP contribution in [0.1, 0.15) is 45.4 Å². The molecular formula is C17H34IN7O. The minimum absolute atomic E-state index is 0. The molecule has 1 heterocycles. The first kappa shape index (κ1) is 24.6. The Labute approximate surface area is 174 Å². The number of rotatable bonds is 10. The first-order chi connectivity index (χ1) is 12.0. The molecule has 0 bridgehead atoms. The number of nitrogens with one attached hydrogen (secondary N) is 2. The van der Waals surface area contributed by atoms with Gasteiger partial charge in [-0.15, -0.1) is 24.0 Å². The van der Waals surface area contributed by atoms with Crippen LogP contribution in [0, 0.1) is 5.92 Å². The fourth-order valence-electron chi connectivity index (χ4n) is 2.29. The van der Waals surface area contributed by atoms with Gasteiger partial charge in [0.25, 0.3) is 0 Å². The van der Waals surface area contributed by atoms with Crippen LogP contribution < -0.4 is 10.6 Å². The highest BCUT2D eigenvalue weighted by atomic mass is 127. The van der Waals surface area contributed by atoms with Gasteiger partial charge in [0, 0.05) is 27.7 Å². The Morgan fingerprint density at radius 1 is 1.35 bits per heavy atom. The lowest BCUT2D eigenvalue weighted by Crippen LogP contribution is -2.44. The van der Waals surface area contributed by atoms with Crippen molar-refractivity contribution in [3.05, 3.63) is 12.2 Å². The van der Waals surface area contributed by atoms with Crippen molar-refractivity contribution in [2.75, 3.05) is 27.2 Å². The van der Waals surface area contributed by atoms with Crippen LogP contribution in [0.15, 0.2) is 11.3 Å². The lowest BCUT2D eigenvalue weighted by molar-refractivity contribution is -0.127. The number of unbranched alkanes of at least 4 members (excludes halogenated alkanes) is 1. The number of hydrogen-bond donors (Lipinski definition) is 2. The third-order valence-corrected chi connectivity index (χ3v) is 4.19. The molecule has 150 valence electrons. The van der Waals surface area contributed by atoms with Gasteiger partial charge in [-0.2, -0.15) is 5.10 Å². The minimum Gasteiger partial charge on any atom is -0.356 e. The molecule has 1 rings (SSSR count). The Hall–Kier alpha value is -1.39. The van der Waals surface area contributed by atoms with Crippen molar-refractivity contribution >= 4 is 35.8 Å². The molecule has 1 unspecified atom stereocenters. The maximum absolute atomic E-state index is 11.8. The monoisotopic (exact) mass is 479 g/mol. The van der Waals surface area contributed by atoms with E-state index in [4.69, 9.17) is 0 Å². The molecule has 0 fully saturated rings. The van der Waals surface area contributed by atoms with Crippen molar-refractivity contribution < 1.29 is 4.79 Å². The molecule has 1 aromatic heterocycles. The van der Waals surface area contributed by atoms with Crippen LogP contribution in [0.5, 0.6) is 0 Å². The molecular weight excluding hydrogens is 445 g/mol. The van der Waals surface area contributed by atoms with Crippen LogP contribution in [-0.2, 0) is 18.4 Å². The molecule has 0 saturated heterocycles. The molecule has 0 aliphatic heterocycles. The number of likely N-dealkylation sites (N-methyl/N-ethyl adjacent to an activating group) is 1. The van der Waals surface area contributed by atoms with Crippen LogP contribution in [0.3, 0.4) is 0 Å². The summed E-state index contributed by atoms with van der Waals surface area (Å²) in [6, 6.07) is 0. The summed E-state index contributed by atoms with van der Waals surface area (Å²) in [5.41, 5.74) is 0. The summed E-state index contributed by atoms with van der Waals surface area (Å²) < 4.78 is 1.70. The zero-order valence-corrected chi connectivity index (χ0v) is 19.0. The Kier molecular flexibility index (Phi) is 13.0. The molecule has 9 heteroatoms. The highest BCUT2D eigenvalue weighted by Gasteiger charge is 2.10. The Balaban J connectivity index is 0.00000625. The smallest absolute Gasteiger partial charge is 0.241 e. The number of aromatic nitrogens is 3. The molecule has 0 saturated carbocycles. The van der Waals surface area contributed by atoms with E-state index in [2.05, 4.69) is 39.6 Å². The Morgan fingerprint density at radius 3 is 2.62 bits per heavy atom. The number of guanidine groups is 1. The van der Waals surface area contributed by atoms with Crippen molar-refractivity contribution in [1.82, 2.24) is 30.3 Å². The molecule has 26 heavy (non-hydrogen) atoms. The summed E-state index contributed by atoms with van der Waals surface area (Å²) in [6.45, 7) is 5.89. The van der Waals surface area contributed by atoms with E-state index < -0.39 is 0 Å². The van der Waals surface area contributed by atoms with E-state index in [1.54, 1.807) is 23.7 Å². The number of nitrogens with zero attached hydrogens (tertiary/aromatic N) is 5. The Bertz CT molecular complexity index is 545. The maximum atomic E-state index is 11.8. The first-order valence-electron chi connectivity index (χ1n) is 9.03. The SMILES string of the molecule is CCCCC(CC)CNC(=NCc1ncnn1C)NCC(=O)N(C)C.I. The average Bonchev–Trinajstić information content (AvgIpc) is 3.01. The maximum Gasteiger partial charge on any atom is 0.241 e. The minimum atomic E-state index is 0. The predicted octanol–water partition coefficient (Wildman–Crippen LogP) is 1.77. The van der Waals surface area contributed by atoms with Crippen molar-refractivity contribution in [3.63, 3.8) is 0 Å². The lowest BCUT2D eigenvalue weighted by Gasteiger charge is -2.19. The number of carbonyl (C=O) groups is 1. The second kappa shape index (κ2) is 13.8. The number of aliphatic imine (C=N–C) groups is 1. The molecule has 1 aromatic rings.